The number of para-hydroxylation sites is 1. The number of nitrogens with one attached hydrogen (secondary N) is 3. The normalized spacial score (nSPS) is 16.9. The molecule has 2 aliphatic heterocycles. The van der Waals surface area contributed by atoms with Gasteiger partial charge in [0, 0.05) is 25.2 Å². The number of pyridine rings is 1. The van der Waals surface area contributed by atoms with E-state index in [0.717, 1.165) is 5.75 Å². The summed E-state index contributed by atoms with van der Waals surface area (Å²) in [5.74, 6) is 1.06. The lowest BCUT2D eigenvalue weighted by atomic mass is 10.1. The number of ether oxygens (including phenoxy) is 1. The number of urea groups is 1. The molecular weight excluding hydrogens is 478 g/mol. The van der Waals surface area contributed by atoms with Crippen molar-refractivity contribution in [3.8, 4) is 11.5 Å². The highest BCUT2D eigenvalue weighted by atomic mass is 32.1. The maximum Gasteiger partial charge on any atom is 0.331 e. The number of piperidine rings is 1. The van der Waals surface area contributed by atoms with Crippen LogP contribution in [0.15, 0.2) is 66.9 Å². The molecule has 180 valence electrons. The fourth-order valence-corrected chi connectivity index (χ4v) is 5.42. The SMILES string of the molecule is O=C1CCC(NC(=O)c2sc3nccc4c3c2NC(=O)N4c2ccc(Oc3ccccc3)cc2)CN1. The number of nitrogens with zero attached hydrogens (tertiary/aromatic N) is 2. The van der Waals surface area contributed by atoms with Gasteiger partial charge >= 0.3 is 6.03 Å². The van der Waals surface area contributed by atoms with Crippen LogP contribution in [-0.2, 0) is 4.79 Å². The topological polar surface area (TPSA) is 113 Å². The first-order valence-corrected chi connectivity index (χ1v) is 12.3. The second kappa shape index (κ2) is 8.97. The van der Waals surface area contributed by atoms with E-state index in [4.69, 9.17) is 4.74 Å². The first kappa shape index (κ1) is 22.1. The van der Waals surface area contributed by atoms with Crippen molar-refractivity contribution < 1.29 is 19.1 Å². The van der Waals surface area contributed by atoms with Crippen LogP contribution in [-0.4, -0.2) is 35.4 Å². The van der Waals surface area contributed by atoms with Gasteiger partial charge in [-0.3, -0.25) is 14.5 Å². The second-order valence-electron chi connectivity index (χ2n) is 8.50. The van der Waals surface area contributed by atoms with Gasteiger partial charge in [-0.15, -0.1) is 11.3 Å². The molecule has 0 aliphatic carbocycles. The number of carbonyl (C=O) groups is 3. The molecule has 1 atom stereocenters. The van der Waals surface area contributed by atoms with Gasteiger partial charge < -0.3 is 20.7 Å². The largest absolute Gasteiger partial charge is 0.457 e. The summed E-state index contributed by atoms with van der Waals surface area (Å²) in [4.78, 5) is 44.8. The van der Waals surface area contributed by atoms with E-state index in [1.54, 1.807) is 29.3 Å². The third-order valence-corrected chi connectivity index (χ3v) is 7.22. The summed E-state index contributed by atoms with van der Waals surface area (Å²) in [6.45, 7) is 0.387. The van der Waals surface area contributed by atoms with Crippen molar-refractivity contribution in [2.75, 3.05) is 16.8 Å². The molecule has 1 fully saturated rings. The Hall–Kier alpha value is -4.44. The molecule has 2 aliphatic rings. The summed E-state index contributed by atoms with van der Waals surface area (Å²) in [5, 5.41) is 9.35. The first-order chi connectivity index (χ1) is 17.6. The molecule has 1 saturated heterocycles. The summed E-state index contributed by atoms with van der Waals surface area (Å²) in [5.41, 5.74) is 1.76. The van der Waals surface area contributed by atoms with E-state index in [1.165, 1.54) is 11.3 Å². The molecule has 0 spiro atoms. The van der Waals surface area contributed by atoms with Crippen molar-refractivity contribution in [2.24, 2.45) is 0 Å². The minimum Gasteiger partial charge on any atom is -0.457 e. The molecule has 2 aromatic carbocycles. The fourth-order valence-electron chi connectivity index (χ4n) is 4.40. The van der Waals surface area contributed by atoms with Crippen LogP contribution >= 0.6 is 11.3 Å². The first-order valence-electron chi connectivity index (χ1n) is 11.5. The van der Waals surface area contributed by atoms with Crippen LogP contribution in [0.5, 0.6) is 11.5 Å². The fraction of sp³-hybridized carbons (Fsp3) is 0.154. The van der Waals surface area contributed by atoms with Crippen LogP contribution in [0.2, 0.25) is 0 Å². The Morgan fingerprint density at radius 3 is 2.58 bits per heavy atom. The predicted molar refractivity (Wildman–Crippen MR) is 137 cm³/mol. The highest BCUT2D eigenvalue weighted by Crippen LogP contribution is 2.45. The molecule has 6 rings (SSSR count). The van der Waals surface area contributed by atoms with Crippen molar-refractivity contribution in [1.29, 1.82) is 0 Å². The van der Waals surface area contributed by atoms with Gasteiger partial charge in [0.05, 0.1) is 22.4 Å². The van der Waals surface area contributed by atoms with Crippen molar-refractivity contribution in [3.63, 3.8) is 0 Å². The highest BCUT2D eigenvalue weighted by molar-refractivity contribution is 7.21. The molecule has 0 saturated carbocycles. The van der Waals surface area contributed by atoms with Crippen molar-refractivity contribution in [3.05, 3.63) is 71.7 Å². The van der Waals surface area contributed by atoms with Crippen molar-refractivity contribution >= 4 is 56.5 Å². The van der Waals surface area contributed by atoms with Gasteiger partial charge in [-0.25, -0.2) is 9.78 Å². The third kappa shape index (κ3) is 4.01. The molecule has 10 heteroatoms. The number of carbonyl (C=O) groups excluding carboxylic acids is 3. The smallest absolute Gasteiger partial charge is 0.331 e. The van der Waals surface area contributed by atoms with E-state index in [9.17, 15) is 14.4 Å². The lowest BCUT2D eigenvalue weighted by molar-refractivity contribution is -0.122. The van der Waals surface area contributed by atoms with Crippen LogP contribution in [0.3, 0.4) is 0 Å². The summed E-state index contributed by atoms with van der Waals surface area (Å²) >= 11 is 1.23. The van der Waals surface area contributed by atoms with Crippen LogP contribution in [0, 0.1) is 0 Å². The molecule has 9 nitrogen and oxygen atoms in total. The zero-order valence-electron chi connectivity index (χ0n) is 19.0. The molecule has 4 amide bonds. The number of thiophene rings is 1. The molecule has 0 bridgehead atoms. The van der Waals surface area contributed by atoms with Gasteiger partial charge in [0.1, 0.15) is 21.2 Å². The van der Waals surface area contributed by atoms with Gasteiger partial charge in [0.25, 0.3) is 5.91 Å². The van der Waals surface area contributed by atoms with Gasteiger partial charge in [0.2, 0.25) is 5.91 Å². The lowest BCUT2D eigenvalue weighted by Gasteiger charge is -2.28. The summed E-state index contributed by atoms with van der Waals surface area (Å²) < 4.78 is 5.86. The zero-order chi connectivity index (χ0) is 24.6. The maximum absolute atomic E-state index is 13.3. The molecule has 1 unspecified atom stereocenters. The molecular formula is C26H21N5O4S. The molecule has 36 heavy (non-hydrogen) atoms. The van der Waals surface area contributed by atoms with Gasteiger partial charge in [-0.2, -0.15) is 0 Å². The van der Waals surface area contributed by atoms with Gasteiger partial charge in [-0.05, 0) is 48.9 Å². The molecule has 0 radical (unpaired) electrons. The van der Waals surface area contributed by atoms with E-state index in [-0.39, 0.29) is 23.9 Å². The Kier molecular flexibility index (Phi) is 5.49. The number of benzene rings is 2. The second-order valence-corrected chi connectivity index (χ2v) is 9.50. The molecule has 4 aromatic rings. The Bertz CT molecular complexity index is 1480. The van der Waals surface area contributed by atoms with E-state index >= 15 is 0 Å². The highest BCUT2D eigenvalue weighted by Gasteiger charge is 2.33. The number of amides is 4. The number of hydrogen-bond acceptors (Lipinski definition) is 6. The van der Waals surface area contributed by atoms with Gasteiger partial charge in [0.15, 0.2) is 0 Å². The third-order valence-electron chi connectivity index (χ3n) is 6.13. The minimum absolute atomic E-state index is 0.0155. The summed E-state index contributed by atoms with van der Waals surface area (Å²) in [6.07, 6.45) is 2.58. The average Bonchev–Trinajstić information content (AvgIpc) is 3.26. The summed E-state index contributed by atoms with van der Waals surface area (Å²) in [6, 6.07) is 17.9. The van der Waals surface area contributed by atoms with Crippen molar-refractivity contribution in [2.45, 2.75) is 18.9 Å². The number of rotatable bonds is 5. The monoisotopic (exact) mass is 499 g/mol. The molecule has 4 heterocycles. The Morgan fingerprint density at radius 1 is 1.06 bits per heavy atom. The average molecular weight is 500 g/mol. The zero-order valence-corrected chi connectivity index (χ0v) is 19.8. The van der Waals surface area contributed by atoms with Crippen LogP contribution in [0.1, 0.15) is 22.5 Å². The van der Waals surface area contributed by atoms with E-state index in [2.05, 4.69) is 20.9 Å². The molecule has 3 N–H and O–H groups in total. The van der Waals surface area contributed by atoms with E-state index in [0.29, 0.717) is 57.3 Å². The Balaban J connectivity index is 1.29. The maximum atomic E-state index is 13.3. The molecule has 2 aromatic heterocycles. The number of aromatic nitrogens is 1. The standard InChI is InChI=1S/C26H21N5O4S/c32-20-11-6-15(14-28-20)29-24(33)23-22-21-19(12-13-27-25(21)36-23)31(26(34)30-22)16-7-9-18(10-8-16)35-17-4-2-1-3-5-17/h1-5,7-10,12-13,15H,6,11,14H2,(H,28,32)(H,29,33)(H,30,34). The number of anilines is 3. The predicted octanol–water partition coefficient (Wildman–Crippen LogP) is 4.78. The van der Waals surface area contributed by atoms with Crippen molar-refractivity contribution in [1.82, 2.24) is 15.6 Å². The van der Waals surface area contributed by atoms with Crippen LogP contribution in [0.4, 0.5) is 21.9 Å². The Labute approximate surface area is 210 Å². The van der Waals surface area contributed by atoms with Gasteiger partial charge in [-0.1, -0.05) is 18.2 Å². The van der Waals surface area contributed by atoms with E-state index in [1.807, 2.05) is 42.5 Å². The summed E-state index contributed by atoms with van der Waals surface area (Å²) in [7, 11) is 0. The minimum atomic E-state index is -0.371. The van der Waals surface area contributed by atoms with Crippen LogP contribution < -0.4 is 25.6 Å². The quantitative estimate of drug-likeness (QED) is 0.366. The Morgan fingerprint density at radius 2 is 1.83 bits per heavy atom. The lowest BCUT2D eigenvalue weighted by Crippen LogP contribution is -2.47. The van der Waals surface area contributed by atoms with E-state index < -0.39 is 0 Å². The number of hydrogen-bond donors (Lipinski definition) is 3. The van der Waals surface area contributed by atoms with Crippen LogP contribution in [0.25, 0.3) is 10.2 Å².